The number of hydrogen-bond acceptors (Lipinski definition) is 3. The molecule has 25 heavy (non-hydrogen) atoms. The fraction of sp³-hybridized carbons (Fsp3) is 0.381. The largest absolute Gasteiger partial charge is 0.387 e. The summed E-state index contributed by atoms with van der Waals surface area (Å²) in [7, 11) is 2.08. The van der Waals surface area contributed by atoms with Crippen LogP contribution < -0.4 is 10.2 Å². The van der Waals surface area contributed by atoms with Crippen molar-refractivity contribution in [3.05, 3.63) is 64.7 Å². The summed E-state index contributed by atoms with van der Waals surface area (Å²) in [5, 5.41) is 13.2. The highest BCUT2D eigenvalue weighted by molar-refractivity contribution is 5.94. The number of carbonyl (C=O) groups is 1. The zero-order valence-electron chi connectivity index (χ0n) is 15.0. The number of aliphatic hydroxyl groups is 1. The highest BCUT2D eigenvalue weighted by Gasteiger charge is 2.18. The Labute approximate surface area is 149 Å². The van der Waals surface area contributed by atoms with Crippen molar-refractivity contribution in [2.45, 2.75) is 32.3 Å². The molecule has 2 aromatic rings. The van der Waals surface area contributed by atoms with Crippen molar-refractivity contribution >= 4 is 11.6 Å². The number of anilines is 1. The standard InChI is InChI=1S/C21H26N2O2/c1-3-4-15-5-7-16(8-6-15)21(25)22-14-20(24)18-9-10-19-17(13-18)11-12-23(19)2/h5-10,13,20,24H,3-4,11-12,14H2,1-2H3,(H,22,25). The molecule has 0 aliphatic carbocycles. The van der Waals surface area contributed by atoms with Crippen molar-refractivity contribution in [1.29, 1.82) is 0 Å². The van der Waals surface area contributed by atoms with Crippen molar-refractivity contribution < 1.29 is 9.90 Å². The van der Waals surface area contributed by atoms with E-state index < -0.39 is 6.10 Å². The van der Waals surface area contributed by atoms with E-state index in [1.54, 1.807) is 0 Å². The Morgan fingerprint density at radius 2 is 2.00 bits per heavy atom. The van der Waals surface area contributed by atoms with Crippen LogP contribution >= 0.6 is 0 Å². The van der Waals surface area contributed by atoms with Gasteiger partial charge < -0.3 is 15.3 Å². The van der Waals surface area contributed by atoms with Crippen LogP contribution in [-0.4, -0.2) is 31.2 Å². The topological polar surface area (TPSA) is 52.6 Å². The van der Waals surface area contributed by atoms with Crippen LogP contribution in [0.4, 0.5) is 5.69 Å². The maximum atomic E-state index is 12.3. The molecule has 1 atom stereocenters. The number of benzene rings is 2. The third kappa shape index (κ3) is 4.02. The molecule has 0 aromatic heterocycles. The summed E-state index contributed by atoms with van der Waals surface area (Å²) < 4.78 is 0. The van der Waals surface area contributed by atoms with Gasteiger partial charge in [-0.25, -0.2) is 0 Å². The van der Waals surface area contributed by atoms with E-state index in [2.05, 4.69) is 36.3 Å². The Hall–Kier alpha value is -2.33. The predicted octanol–water partition coefficient (Wildman–Crippen LogP) is 3.09. The van der Waals surface area contributed by atoms with Crippen molar-refractivity contribution in [3.63, 3.8) is 0 Å². The normalized spacial score (nSPS) is 14.3. The molecular formula is C21H26N2O2. The highest BCUT2D eigenvalue weighted by Crippen LogP contribution is 2.29. The zero-order chi connectivity index (χ0) is 17.8. The lowest BCUT2D eigenvalue weighted by Crippen LogP contribution is -2.28. The first-order chi connectivity index (χ1) is 12.1. The fourth-order valence-electron chi connectivity index (χ4n) is 3.31. The van der Waals surface area contributed by atoms with Gasteiger partial charge >= 0.3 is 0 Å². The van der Waals surface area contributed by atoms with Crippen molar-refractivity contribution in [1.82, 2.24) is 5.32 Å². The van der Waals surface area contributed by atoms with E-state index in [-0.39, 0.29) is 12.5 Å². The second-order valence-corrected chi connectivity index (χ2v) is 6.73. The Balaban J connectivity index is 1.58. The van der Waals surface area contributed by atoms with Crippen LogP contribution in [0.3, 0.4) is 0 Å². The number of amides is 1. The third-order valence-corrected chi connectivity index (χ3v) is 4.83. The molecule has 1 heterocycles. The van der Waals surface area contributed by atoms with E-state index in [1.165, 1.54) is 16.8 Å². The van der Waals surface area contributed by atoms with Crippen molar-refractivity contribution in [2.75, 3.05) is 25.0 Å². The number of rotatable bonds is 6. The lowest BCUT2D eigenvalue weighted by molar-refractivity contribution is 0.0916. The van der Waals surface area contributed by atoms with Gasteiger partial charge in [-0.15, -0.1) is 0 Å². The molecule has 0 radical (unpaired) electrons. The van der Waals surface area contributed by atoms with Crippen LogP contribution in [0.15, 0.2) is 42.5 Å². The summed E-state index contributed by atoms with van der Waals surface area (Å²) in [5.41, 5.74) is 5.21. The average Bonchev–Trinajstić information content (AvgIpc) is 3.01. The SMILES string of the molecule is CCCc1ccc(C(=O)NCC(O)c2ccc3c(c2)CCN3C)cc1. The number of aliphatic hydroxyl groups excluding tert-OH is 1. The predicted molar refractivity (Wildman–Crippen MR) is 101 cm³/mol. The summed E-state index contributed by atoms with van der Waals surface area (Å²) >= 11 is 0. The fourth-order valence-corrected chi connectivity index (χ4v) is 3.31. The minimum Gasteiger partial charge on any atom is -0.387 e. The average molecular weight is 338 g/mol. The quantitative estimate of drug-likeness (QED) is 0.851. The summed E-state index contributed by atoms with van der Waals surface area (Å²) in [6.07, 6.45) is 2.42. The van der Waals surface area contributed by atoms with Crippen molar-refractivity contribution in [2.24, 2.45) is 0 Å². The van der Waals surface area contributed by atoms with Gasteiger partial charge in [0.25, 0.3) is 5.91 Å². The molecule has 2 N–H and O–H groups in total. The monoisotopic (exact) mass is 338 g/mol. The Morgan fingerprint density at radius 3 is 2.72 bits per heavy atom. The maximum Gasteiger partial charge on any atom is 0.251 e. The van der Waals surface area contributed by atoms with E-state index in [0.717, 1.165) is 31.4 Å². The zero-order valence-corrected chi connectivity index (χ0v) is 15.0. The van der Waals surface area contributed by atoms with Crippen LogP contribution in [0.25, 0.3) is 0 Å². The number of nitrogens with one attached hydrogen (secondary N) is 1. The third-order valence-electron chi connectivity index (χ3n) is 4.83. The maximum absolute atomic E-state index is 12.3. The lowest BCUT2D eigenvalue weighted by Gasteiger charge is -2.15. The minimum absolute atomic E-state index is 0.150. The Morgan fingerprint density at radius 1 is 1.24 bits per heavy atom. The van der Waals surface area contributed by atoms with Gasteiger partial charge in [-0.3, -0.25) is 4.79 Å². The molecule has 0 bridgehead atoms. The van der Waals surface area contributed by atoms with Crippen LogP contribution in [0.5, 0.6) is 0 Å². The minimum atomic E-state index is -0.695. The summed E-state index contributed by atoms with van der Waals surface area (Å²) in [6.45, 7) is 3.36. The first-order valence-corrected chi connectivity index (χ1v) is 8.97. The van der Waals surface area contributed by atoms with E-state index in [0.29, 0.717) is 5.56 Å². The molecule has 4 nitrogen and oxygen atoms in total. The van der Waals surface area contributed by atoms with Gasteiger partial charge in [0.05, 0.1) is 6.10 Å². The van der Waals surface area contributed by atoms with Gasteiger partial charge in [0.2, 0.25) is 0 Å². The van der Waals surface area contributed by atoms with Gasteiger partial charge in [-0.05, 0) is 47.7 Å². The smallest absolute Gasteiger partial charge is 0.251 e. The van der Waals surface area contributed by atoms with Crippen LogP contribution in [-0.2, 0) is 12.8 Å². The van der Waals surface area contributed by atoms with Gasteiger partial charge in [0.15, 0.2) is 0 Å². The number of aryl methyl sites for hydroxylation is 1. The van der Waals surface area contributed by atoms with Crippen molar-refractivity contribution in [3.8, 4) is 0 Å². The van der Waals surface area contributed by atoms with Crippen LogP contribution in [0.2, 0.25) is 0 Å². The number of likely N-dealkylation sites (N-methyl/N-ethyl adjacent to an activating group) is 1. The summed E-state index contributed by atoms with van der Waals surface area (Å²) in [5.74, 6) is -0.150. The van der Waals surface area contributed by atoms with E-state index >= 15 is 0 Å². The lowest BCUT2D eigenvalue weighted by atomic mass is 10.0. The molecule has 0 fully saturated rings. The van der Waals surface area contributed by atoms with Crippen LogP contribution in [0.1, 0.15) is 46.5 Å². The van der Waals surface area contributed by atoms with Gasteiger partial charge in [-0.1, -0.05) is 37.6 Å². The first kappa shape index (κ1) is 17.5. The summed E-state index contributed by atoms with van der Waals surface area (Å²) in [6, 6.07) is 13.7. The molecule has 0 saturated heterocycles. The molecule has 1 amide bonds. The van der Waals surface area contributed by atoms with E-state index in [4.69, 9.17) is 0 Å². The van der Waals surface area contributed by atoms with Gasteiger partial charge in [0.1, 0.15) is 0 Å². The number of carbonyl (C=O) groups excluding carboxylic acids is 1. The highest BCUT2D eigenvalue weighted by atomic mass is 16.3. The number of hydrogen-bond donors (Lipinski definition) is 2. The molecule has 0 spiro atoms. The molecule has 1 unspecified atom stereocenters. The number of nitrogens with zero attached hydrogens (tertiary/aromatic N) is 1. The van der Waals surface area contributed by atoms with E-state index in [1.807, 2.05) is 30.3 Å². The Kier molecular flexibility index (Phi) is 5.39. The second-order valence-electron chi connectivity index (χ2n) is 6.73. The van der Waals surface area contributed by atoms with Crippen LogP contribution in [0, 0.1) is 0 Å². The molecule has 1 aliphatic heterocycles. The molecular weight excluding hydrogens is 312 g/mol. The molecule has 1 aliphatic rings. The molecule has 2 aromatic carbocycles. The van der Waals surface area contributed by atoms with Gasteiger partial charge in [-0.2, -0.15) is 0 Å². The number of fused-ring (bicyclic) bond motifs is 1. The molecule has 132 valence electrons. The second kappa shape index (κ2) is 7.70. The van der Waals surface area contributed by atoms with Gasteiger partial charge in [0, 0.05) is 31.4 Å². The summed E-state index contributed by atoms with van der Waals surface area (Å²) in [4.78, 5) is 14.5. The molecule has 0 saturated carbocycles. The molecule has 4 heteroatoms. The first-order valence-electron chi connectivity index (χ1n) is 8.97. The van der Waals surface area contributed by atoms with E-state index in [9.17, 15) is 9.90 Å². The molecule has 3 rings (SSSR count). The Bertz CT molecular complexity index is 740.